The van der Waals surface area contributed by atoms with Gasteiger partial charge in [0, 0.05) is 17.5 Å². The monoisotopic (exact) mass is 160 g/mol. The Morgan fingerprint density at radius 1 is 1.73 bits per heavy atom. The average Bonchev–Trinajstić information content (AvgIpc) is 2.50. The summed E-state index contributed by atoms with van der Waals surface area (Å²) in [6.07, 6.45) is 0.741. The van der Waals surface area contributed by atoms with E-state index < -0.39 is 0 Å². The smallest absolute Gasteiger partial charge is 0.0818 e. The second-order valence-electron chi connectivity index (χ2n) is 2.58. The molecule has 0 bridgehead atoms. The zero-order chi connectivity index (χ0) is 8.27. The Labute approximate surface area is 63.9 Å². The van der Waals surface area contributed by atoms with E-state index in [2.05, 4.69) is 5.28 Å². The van der Waals surface area contributed by atoms with E-state index in [4.69, 9.17) is 5.11 Å². The van der Waals surface area contributed by atoms with Gasteiger partial charge in [-0.05, 0) is 11.7 Å². The lowest BCUT2D eigenvalue weighted by Gasteiger charge is -2.12. The fourth-order valence-electron chi connectivity index (χ4n) is 1.17. The Morgan fingerprint density at radius 2 is 2.45 bits per heavy atom. The zero-order valence-electron chi connectivity index (χ0n) is 6.01. The van der Waals surface area contributed by atoms with Gasteiger partial charge < -0.3 is 15.5 Å². The van der Waals surface area contributed by atoms with E-state index in [-0.39, 0.29) is 17.5 Å². The van der Waals surface area contributed by atoms with Gasteiger partial charge in [-0.3, -0.25) is 0 Å². The molecule has 1 fully saturated rings. The number of aliphatic hydroxyl groups excluding tert-OH is 1. The number of nitrogens with zero attached hydrogens (tertiary/aromatic N) is 3. The van der Waals surface area contributed by atoms with Gasteiger partial charge in [0.2, 0.25) is 0 Å². The number of hydrogen-bond donors (Lipinski definition) is 1. The molecular weight excluding hydrogens is 150 g/mol. The number of hydrogen-bond acceptors (Lipinski definition) is 4. The lowest BCUT2D eigenvalue weighted by molar-refractivity contribution is -0.687. The molecule has 1 aliphatic heterocycles. The van der Waals surface area contributed by atoms with Crippen molar-refractivity contribution in [3.8, 4) is 0 Å². The zero-order valence-corrected chi connectivity index (χ0v) is 6.01. The van der Waals surface area contributed by atoms with Gasteiger partial charge in [0.05, 0.1) is 13.1 Å². The van der Waals surface area contributed by atoms with E-state index in [0.717, 1.165) is 6.42 Å². The third-order valence-electron chi connectivity index (χ3n) is 1.83. The largest absolute Gasteiger partial charge is 0.737 e. The third-order valence-corrected chi connectivity index (χ3v) is 1.83. The molecule has 1 atom stereocenters. The SMILES string of the molecule is [O-]/N=[N+](/[O-])N1CCC(CO)C1. The van der Waals surface area contributed by atoms with Gasteiger partial charge in [0.1, 0.15) is 0 Å². The van der Waals surface area contributed by atoms with E-state index in [1.807, 2.05) is 0 Å². The van der Waals surface area contributed by atoms with Crippen LogP contribution in [0.2, 0.25) is 0 Å². The highest BCUT2D eigenvalue weighted by Crippen LogP contribution is 2.14. The molecule has 1 N–H and O–H groups in total. The van der Waals surface area contributed by atoms with Crippen molar-refractivity contribution in [1.82, 2.24) is 5.01 Å². The standard InChI is InChI=1S/C5H11N3O3/c9-4-5-1-2-7(3-5)8(11)6-10/h5,9-10H,1-4H2/p-1/b8-6+. The summed E-state index contributed by atoms with van der Waals surface area (Å²) < 4.78 is 0. The summed E-state index contributed by atoms with van der Waals surface area (Å²) in [7, 11) is 0. The quantitative estimate of drug-likeness (QED) is 0.340. The Hall–Kier alpha value is -1.04. The summed E-state index contributed by atoms with van der Waals surface area (Å²) in [5.74, 6) is 0.105. The van der Waals surface area contributed by atoms with Crippen LogP contribution in [0.5, 0.6) is 0 Å². The van der Waals surface area contributed by atoms with Gasteiger partial charge in [0.25, 0.3) is 0 Å². The lowest BCUT2D eigenvalue weighted by Crippen LogP contribution is -2.28. The molecule has 0 aromatic rings. The maximum Gasteiger partial charge on any atom is 0.0818 e. The Morgan fingerprint density at radius 3 is 2.91 bits per heavy atom. The maximum atomic E-state index is 10.6. The molecule has 1 aliphatic rings. The van der Waals surface area contributed by atoms with E-state index in [0.29, 0.717) is 13.1 Å². The molecule has 6 heteroatoms. The van der Waals surface area contributed by atoms with Crippen LogP contribution in [-0.4, -0.2) is 34.8 Å². The Bertz CT molecular complexity index is 161. The van der Waals surface area contributed by atoms with Crippen molar-refractivity contribution in [2.75, 3.05) is 19.7 Å². The van der Waals surface area contributed by atoms with Crippen molar-refractivity contribution < 1.29 is 10.1 Å². The minimum atomic E-state index is 0.0374. The molecule has 1 heterocycles. The molecule has 0 aromatic carbocycles. The Balaban J connectivity index is 2.41. The minimum Gasteiger partial charge on any atom is -0.737 e. The molecule has 0 spiro atoms. The van der Waals surface area contributed by atoms with E-state index in [1.165, 1.54) is 5.01 Å². The number of hydrazine groups is 1. The summed E-state index contributed by atoms with van der Waals surface area (Å²) in [5.41, 5.74) is 0. The highest BCUT2D eigenvalue weighted by molar-refractivity contribution is 4.68. The molecule has 0 aliphatic carbocycles. The van der Waals surface area contributed by atoms with Gasteiger partial charge in [-0.1, -0.05) is 0 Å². The van der Waals surface area contributed by atoms with Crippen LogP contribution < -0.4 is 0 Å². The lowest BCUT2D eigenvalue weighted by atomic mass is 10.1. The molecule has 6 nitrogen and oxygen atoms in total. The first-order valence-electron chi connectivity index (χ1n) is 3.44. The van der Waals surface area contributed by atoms with Gasteiger partial charge >= 0.3 is 0 Å². The van der Waals surface area contributed by atoms with Crippen LogP contribution in [-0.2, 0) is 0 Å². The van der Waals surface area contributed by atoms with Gasteiger partial charge in [-0.2, -0.15) is 0 Å². The topological polar surface area (TPSA) is 85.0 Å². The summed E-state index contributed by atoms with van der Waals surface area (Å²) in [4.78, 5) is 0.0374. The minimum absolute atomic E-state index is 0.0374. The van der Waals surface area contributed by atoms with Crippen LogP contribution in [0.4, 0.5) is 0 Å². The number of aliphatic hydroxyl groups is 1. The second-order valence-corrected chi connectivity index (χ2v) is 2.58. The van der Waals surface area contributed by atoms with Crippen molar-refractivity contribution in [2.24, 2.45) is 11.2 Å². The first-order valence-corrected chi connectivity index (χ1v) is 3.44. The van der Waals surface area contributed by atoms with Crippen molar-refractivity contribution >= 4 is 0 Å². The van der Waals surface area contributed by atoms with Crippen LogP contribution in [0.15, 0.2) is 5.28 Å². The fourth-order valence-corrected chi connectivity index (χ4v) is 1.17. The average molecular weight is 160 g/mol. The van der Waals surface area contributed by atoms with Crippen LogP contribution >= 0.6 is 0 Å². The molecule has 1 saturated heterocycles. The molecule has 0 radical (unpaired) electrons. The second kappa shape index (κ2) is 3.38. The summed E-state index contributed by atoms with van der Waals surface area (Å²) >= 11 is 0. The van der Waals surface area contributed by atoms with Crippen molar-refractivity contribution in [3.63, 3.8) is 0 Å². The molecule has 0 aromatic heterocycles. The first kappa shape index (κ1) is 8.06. The molecule has 0 amide bonds. The predicted octanol–water partition coefficient (Wildman–Crippen LogP) is -0.324. The molecule has 11 heavy (non-hydrogen) atoms. The molecule has 64 valence electrons. The van der Waals surface area contributed by atoms with Crippen molar-refractivity contribution in [1.29, 1.82) is 0 Å². The highest BCUT2D eigenvalue weighted by Gasteiger charge is 2.26. The first-order chi connectivity index (χ1) is 5.27. The molecular formula is C5H10N3O3-. The van der Waals surface area contributed by atoms with Crippen LogP contribution in [0.25, 0.3) is 0 Å². The summed E-state index contributed by atoms with van der Waals surface area (Å²) in [5, 5.41) is 32.5. The van der Waals surface area contributed by atoms with Crippen LogP contribution in [0, 0.1) is 16.3 Å². The molecule has 1 unspecified atom stereocenters. The van der Waals surface area contributed by atoms with Crippen LogP contribution in [0.3, 0.4) is 0 Å². The van der Waals surface area contributed by atoms with Gasteiger partial charge in [-0.15, -0.1) is 5.01 Å². The highest BCUT2D eigenvalue weighted by atomic mass is 16.6. The molecule has 1 rings (SSSR count). The van der Waals surface area contributed by atoms with E-state index >= 15 is 0 Å². The summed E-state index contributed by atoms with van der Waals surface area (Å²) in [6, 6.07) is 0. The summed E-state index contributed by atoms with van der Waals surface area (Å²) in [6.45, 7) is 0.982. The fraction of sp³-hybridized carbons (Fsp3) is 1.00. The van der Waals surface area contributed by atoms with Gasteiger partial charge in [0.15, 0.2) is 0 Å². The van der Waals surface area contributed by atoms with Crippen LogP contribution in [0.1, 0.15) is 6.42 Å². The normalized spacial score (nSPS) is 26.1. The predicted molar refractivity (Wildman–Crippen MR) is 36.2 cm³/mol. The van der Waals surface area contributed by atoms with E-state index in [9.17, 15) is 10.4 Å². The van der Waals surface area contributed by atoms with Crippen molar-refractivity contribution in [2.45, 2.75) is 6.42 Å². The molecule has 0 saturated carbocycles. The van der Waals surface area contributed by atoms with Crippen molar-refractivity contribution in [3.05, 3.63) is 10.4 Å². The van der Waals surface area contributed by atoms with E-state index in [1.54, 1.807) is 0 Å². The third kappa shape index (κ3) is 1.70. The Kier molecular flexibility index (Phi) is 2.48. The maximum absolute atomic E-state index is 10.6. The van der Waals surface area contributed by atoms with Gasteiger partial charge in [-0.25, -0.2) is 0 Å². The number of rotatable bonds is 2.